The zero-order valence-corrected chi connectivity index (χ0v) is 16.7. The minimum atomic E-state index is -0.405. The number of amides is 1. The Kier molecular flexibility index (Phi) is 5.83. The fourth-order valence-electron chi connectivity index (χ4n) is 4.30. The van der Waals surface area contributed by atoms with Crippen LogP contribution in [0, 0.1) is 21.8 Å². The SMILES string of the molecule is O=C(C1CCN(c2ccccc2F)CC1)N1CCN(c2ccc([N+](=O)[O-])cc2)CC1. The zero-order chi connectivity index (χ0) is 21.1. The van der Waals surface area contributed by atoms with Crippen LogP contribution in [0.4, 0.5) is 21.5 Å². The number of nitro benzene ring substituents is 1. The van der Waals surface area contributed by atoms with Gasteiger partial charge in [0.15, 0.2) is 0 Å². The van der Waals surface area contributed by atoms with Crippen molar-refractivity contribution in [3.8, 4) is 0 Å². The molecule has 158 valence electrons. The number of halogens is 1. The first-order valence-electron chi connectivity index (χ1n) is 10.3. The van der Waals surface area contributed by atoms with E-state index in [1.807, 2.05) is 15.9 Å². The number of hydrogen-bond acceptors (Lipinski definition) is 5. The number of anilines is 2. The molecule has 7 nitrogen and oxygen atoms in total. The average molecular weight is 412 g/mol. The molecule has 0 saturated carbocycles. The Hall–Kier alpha value is -3.16. The summed E-state index contributed by atoms with van der Waals surface area (Å²) in [5.74, 6) is -0.0462. The lowest BCUT2D eigenvalue weighted by Crippen LogP contribution is -2.51. The molecule has 0 aromatic heterocycles. The molecule has 0 N–H and O–H groups in total. The van der Waals surface area contributed by atoms with Crippen LogP contribution >= 0.6 is 0 Å². The van der Waals surface area contributed by atoms with Gasteiger partial charge >= 0.3 is 0 Å². The molecule has 2 saturated heterocycles. The molecule has 2 aromatic rings. The smallest absolute Gasteiger partial charge is 0.269 e. The van der Waals surface area contributed by atoms with Crippen molar-refractivity contribution in [3.05, 3.63) is 64.5 Å². The van der Waals surface area contributed by atoms with Gasteiger partial charge < -0.3 is 14.7 Å². The van der Waals surface area contributed by atoms with Crippen molar-refractivity contribution >= 4 is 23.0 Å². The van der Waals surface area contributed by atoms with Crippen molar-refractivity contribution in [2.75, 3.05) is 49.1 Å². The summed E-state index contributed by atoms with van der Waals surface area (Å²) in [5.41, 5.74) is 1.63. The molecule has 0 radical (unpaired) electrons. The summed E-state index contributed by atoms with van der Waals surface area (Å²) in [4.78, 5) is 29.5. The van der Waals surface area contributed by atoms with Gasteiger partial charge in [0.2, 0.25) is 5.91 Å². The number of para-hydroxylation sites is 1. The fourth-order valence-corrected chi connectivity index (χ4v) is 4.30. The molecule has 0 unspecified atom stereocenters. The lowest BCUT2D eigenvalue weighted by Gasteiger charge is -2.39. The van der Waals surface area contributed by atoms with Crippen LogP contribution in [0.25, 0.3) is 0 Å². The van der Waals surface area contributed by atoms with E-state index in [1.165, 1.54) is 18.2 Å². The van der Waals surface area contributed by atoms with Crippen LogP contribution in [0.5, 0.6) is 0 Å². The second-order valence-electron chi connectivity index (χ2n) is 7.80. The summed E-state index contributed by atoms with van der Waals surface area (Å²) in [6.07, 6.45) is 1.46. The molecule has 1 amide bonds. The number of hydrogen-bond donors (Lipinski definition) is 0. The van der Waals surface area contributed by atoms with Gasteiger partial charge in [-0.1, -0.05) is 12.1 Å². The summed E-state index contributed by atoms with van der Waals surface area (Å²) < 4.78 is 14.0. The van der Waals surface area contributed by atoms with Crippen LogP contribution in [0.3, 0.4) is 0 Å². The van der Waals surface area contributed by atoms with Crippen molar-refractivity contribution in [3.63, 3.8) is 0 Å². The first-order valence-corrected chi connectivity index (χ1v) is 10.3. The molecule has 2 aliphatic heterocycles. The quantitative estimate of drug-likeness (QED) is 0.569. The van der Waals surface area contributed by atoms with Crippen LogP contribution in [0.1, 0.15) is 12.8 Å². The Balaban J connectivity index is 1.28. The highest BCUT2D eigenvalue weighted by Gasteiger charge is 2.31. The number of nitrogens with zero attached hydrogens (tertiary/aromatic N) is 4. The third-order valence-corrected chi connectivity index (χ3v) is 6.05. The van der Waals surface area contributed by atoms with E-state index >= 15 is 0 Å². The highest BCUT2D eigenvalue weighted by Crippen LogP contribution is 2.27. The zero-order valence-electron chi connectivity index (χ0n) is 16.7. The number of benzene rings is 2. The number of non-ortho nitro benzene ring substituents is 1. The van der Waals surface area contributed by atoms with E-state index in [4.69, 9.17) is 0 Å². The van der Waals surface area contributed by atoms with Gasteiger partial charge in [0.25, 0.3) is 5.69 Å². The third kappa shape index (κ3) is 4.22. The first kappa shape index (κ1) is 20.1. The number of rotatable bonds is 4. The maximum absolute atomic E-state index is 14.0. The molecule has 0 atom stereocenters. The average Bonchev–Trinajstić information content (AvgIpc) is 2.79. The van der Waals surface area contributed by atoms with Crippen LogP contribution < -0.4 is 9.80 Å². The van der Waals surface area contributed by atoms with E-state index in [0.29, 0.717) is 45.0 Å². The summed E-state index contributed by atoms with van der Waals surface area (Å²) in [6, 6.07) is 13.3. The number of piperazine rings is 1. The maximum atomic E-state index is 14.0. The van der Waals surface area contributed by atoms with Crippen molar-refractivity contribution in [2.24, 2.45) is 5.92 Å². The van der Waals surface area contributed by atoms with Crippen LogP contribution in [-0.4, -0.2) is 55.0 Å². The van der Waals surface area contributed by atoms with Gasteiger partial charge in [-0.3, -0.25) is 14.9 Å². The number of nitro groups is 1. The molecule has 0 aliphatic carbocycles. The minimum absolute atomic E-state index is 0.0149. The second kappa shape index (κ2) is 8.69. The standard InChI is InChI=1S/C22H25FN4O3/c23-20-3-1-2-4-21(20)25-11-9-17(10-12-25)22(28)26-15-13-24(14-16-26)18-5-7-19(8-6-18)27(29)30/h1-8,17H,9-16H2. The van der Waals surface area contributed by atoms with Gasteiger partial charge in [-0.15, -0.1) is 0 Å². The molecular weight excluding hydrogens is 387 g/mol. The molecule has 2 heterocycles. The van der Waals surface area contributed by atoms with E-state index in [-0.39, 0.29) is 23.3 Å². The molecule has 0 spiro atoms. The maximum Gasteiger partial charge on any atom is 0.269 e. The lowest BCUT2D eigenvalue weighted by atomic mass is 9.94. The molecule has 4 rings (SSSR count). The predicted molar refractivity (Wildman–Crippen MR) is 113 cm³/mol. The lowest BCUT2D eigenvalue weighted by molar-refractivity contribution is -0.384. The summed E-state index contributed by atoms with van der Waals surface area (Å²) in [7, 11) is 0. The monoisotopic (exact) mass is 412 g/mol. The Morgan fingerprint density at radius 3 is 2.13 bits per heavy atom. The molecular formula is C22H25FN4O3. The van der Waals surface area contributed by atoms with Crippen molar-refractivity contribution in [2.45, 2.75) is 12.8 Å². The normalized spacial score (nSPS) is 17.8. The van der Waals surface area contributed by atoms with E-state index in [0.717, 1.165) is 18.5 Å². The Labute approximate surface area is 174 Å². The van der Waals surface area contributed by atoms with E-state index < -0.39 is 4.92 Å². The fraction of sp³-hybridized carbons (Fsp3) is 0.409. The Bertz CT molecular complexity index is 905. The number of carbonyl (C=O) groups is 1. The summed E-state index contributed by atoms with van der Waals surface area (Å²) in [5, 5.41) is 10.8. The van der Waals surface area contributed by atoms with E-state index in [9.17, 15) is 19.3 Å². The van der Waals surface area contributed by atoms with E-state index in [2.05, 4.69) is 4.90 Å². The minimum Gasteiger partial charge on any atom is -0.369 e. The van der Waals surface area contributed by atoms with Gasteiger partial charge in [-0.2, -0.15) is 0 Å². The molecule has 0 bridgehead atoms. The highest BCUT2D eigenvalue weighted by molar-refractivity contribution is 5.79. The number of carbonyl (C=O) groups excluding carboxylic acids is 1. The van der Waals surface area contributed by atoms with Gasteiger partial charge in [0.05, 0.1) is 10.6 Å². The van der Waals surface area contributed by atoms with Crippen LogP contribution in [-0.2, 0) is 4.79 Å². The topological polar surface area (TPSA) is 69.9 Å². The van der Waals surface area contributed by atoms with Gasteiger partial charge in [0, 0.05) is 63.0 Å². The molecule has 30 heavy (non-hydrogen) atoms. The largest absolute Gasteiger partial charge is 0.369 e. The second-order valence-corrected chi connectivity index (χ2v) is 7.80. The highest BCUT2D eigenvalue weighted by atomic mass is 19.1. The molecule has 8 heteroatoms. The first-order chi connectivity index (χ1) is 14.5. The Morgan fingerprint density at radius 2 is 1.53 bits per heavy atom. The molecule has 2 aliphatic rings. The summed E-state index contributed by atoms with van der Waals surface area (Å²) in [6.45, 7) is 4.06. The van der Waals surface area contributed by atoms with E-state index in [1.54, 1.807) is 24.3 Å². The van der Waals surface area contributed by atoms with Gasteiger partial charge in [-0.25, -0.2) is 4.39 Å². The molecule has 2 aromatic carbocycles. The van der Waals surface area contributed by atoms with Crippen molar-refractivity contribution in [1.82, 2.24) is 4.90 Å². The third-order valence-electron chi connectivity index (χ3n) is 6.05. The number of piperidine rings is 1. The Morgan fingerprint density at radius 1 is 0.900 bits per heavy atom. The van der Waals surface area contributed by atoms with Crippen LogP contribution in [0.2, 0.25) is 0 Å². The van der Waals surface area contributed by atoms with Crippen LogP contribution in [0.15, 0.2) is 48.5 Å². The van der Waals surface area contributed by atoms with Crippen molar-refractivity contribution < 1.29 is 14.1 Å². The predicted octanol–water partition coefficient (Wildman–Crippen LogP) is 3.30. The van der Waals surface area contributed by atoms with Gasteiger partial charge in [0.1, 0.15) is 5.82 Å². The van der Waals surface area contributed by atoms with Gasteiger partial charge in [-0.05, 0) is 37.1 Å². The van der Waals surface area contributed by atoms with Crippen molar-refractivity contribution in [1.29, 1.82) is 0 Å². The molecule has 2 fully saturated rings. The summed E-state index contributed by atoms with van der Waals surface area (Å²) >= 11 is 0.